The molecule has 1 heterocycles. The number of ketones is 1. The summed E-state index contributed by atoms with van der Waals surface area (Å²) < 4.78 is 0. The molecule has 136 valence electrons. The molecule has 0 amide bonds. The molecule has 2 aromatic carbocycles. The zero-order valence-corrected chi connectivity index (χ0v) is 16.3. The lowest BCUT2D eigenvalue weighted by Crippen LogP contribution is -2.34. The van der Waals surface area contributed by atoms with Crippen LogP contribution in [-0.4, -0.2) is 35.9 Å². The first-order valence-electron chi connectivity index (χ1n) is 8.63. The number of anilines is 2. The van der Waals surface area contributed by atoms with Crippen LogP contribution in [0.3, 0.4) is 0 Å². The molecule has 6 heteroatoms. The van der Waals surface area contributed by atoms with Gasteiger partial charge in [0.1, 0.15) is 0 Å². The van der Waals surface area contributed by atoms with Crippen molar-refractivity contribution in [3.8, 4) is 0 Å². The fraction of sp³-hybridized carbons (Fsp3) is 0.300. The standard InChI is InChI=1S/C20H22ClN3OS/c1-23-11-9-14(10-12-23)19(25)15-3-2-4-18(13-15)24(20(22)26)17-7-5-16(21)6-8-17/h2-8,13-14H,9-12H2,1H3,(H2,22,26). The molecule has 1 fully saturated rings. The Labute approximate surface area is 164 Å². The van der Waals surface area contributed by atoms with Gasteiger partial charge in [0.2, 0.25) is 0 Å². The molecule has 2 N–H and O–H groups in total. The maximum atomic E-state index is 12.9. The minimum Gasteiger partial charge on any atom is -0.376 e. The van der Waals surface area contributed by atoms with E-state index in [4.69, 9.17) is 29.6 Å². The maximum Gasteiger partial charge on any atom is 0.175 e. The van der Waals surface area contributed by atoms with Crippen molar-refractivity contribution in [2.45, 2.75) is 12.8 Å². The van der Waals surface area contributed by atoms with Gasteiger partial charge in [-0.3, -0.25) is 9.69 Å². The number of thiocarbonyl (C=S) groups is 1. The van der Waals surface area contributed by atoms with Crippen molar-refractivity contribution in [3.05, 3.63) is 59.1 Å². The predicted octanol–water partition coefficient (Wildman–Crippen LogP) is 4.25. The van der Waals surface area contributed by atoms with E-state index in [9.17, 15) is 4.79 Å². The van der Waals surface area contributed by atoms with Crippen molar-refractivity contribution < 1.29 is 4.79 Å². The van der Waals surface area contributed by atoms with Crippen molar-refractivity contribution in [1.29, 1.82) is 0 Å². The van der Waals surface area contributed by atoms with E-state index in [1.54, 1.807) is 17.0 Å². The molecule has 2 aromatic rings. The average molecular weight is 388 g/mol. The smallest absolute Gasteiger partial charge is 0.175 e. The minimum atomic E-state index is 0.0789. The Morgan fingerprint density at radius 2 is 1.81 bits per heavy atom. The lowest BCUT2D eigenvalue weighted by Gasteiger charge is -2.28. The van der Waals surface area contributed by atoms with Crippen LogP contribution in [0.25, 0.3) is 0 Å². The molecular formula is C20H22ClN3OS. The van der Waals surface area contributed by atoms with E-state index in [0.717, 1.165) is 37.3 Å². The normalized spacial score (nSPS) is 15.6. The van der Waals surface area contributed by atoms with E-state index >= 15 is 0 Å². The van der Waals surface area contributed by atoms with E-state index in [1.807, 2.05) is 36.4 Å². The molecule has 4 nitrogen and oxygen atoms in total. The Morgan fingerprint density at radius 3 is 2.42 bits per heavy atom. The molecule has 26 heavy (non-hydrogen) atoms. The number of Topliss-reactive ketones (excluding diaryl/α,β-unsaturated/α-hetero) is 1. The lowest BCUT2D eigenvalue weighted by atomic mass is 9.89. The molecule has 0 saturated carbocycles. The second kappa shape index (κ2) is 8.16. The zero-order valence-electron chi connectivity index (χ0n) is 14.7. The molecular weight excluding hydrogens is 366 g/mol. The van der Waals surface area contributed by atoms with Gasteiger partial charge in [-0.2, -0.15) is 0 Å². The fourth-order valence-corrected chi connectivity index (χ4v) is 3.64. The van der Waals surface area contributed by atoms with Crippen LogP contribution < -0.4 is 10.6 Å². The van der Waals surface area contributed by atoms with Crippen molar-refractivity contribution >= 4 is 46.1 Å². The summed E-state index contributed by atoms with van der Waals surface area (Å²) in [7, 11) is 2.09. The van der Waals surface area contributed by atoms with Crippen LogP contribution in [-0.2, 0) is 0 Å². The third kappa shape index (κ3) is 4.23. The van der Waals surface area contributed by atoms with Gasteiger partial charge in [0, 0.05) is 27.9 Å². The third-order valence-corrected chi connectivity index (χ3v) is 5.22. The maximum absolute atomic E-state index is 12.9. The van der Waals surface area contributed by atoms with Crippen molar-refractivity contribution in [2.24, 2.45) is 11.7 Å². The molecule has 0 atom stereocenters. The number of benzene rings is 2. The van der Waals surface area contributed by atoms with Crippen LogP contribution in [0, 0.1) is 5.92 Å². The highest BCUT2D eigenvalue weighted by atomic mass is 35.5. The Bertz CT molecular complexity index is 801. The summed E-state index contributed by atoms with van der Waals surface area (Å²) in [5, 5.41) is 0.860. The minimum absolute atomic E-state index is 0.0789. The van der Waals surface area contributed by atoms with E-state index in [1.165, 1.54) is 0 Å². The number of carbonyl (C=O) groups is 1. The molecule has 0 bridgehead atoms. The zero-order chi connectivity index (χ0) is 18.7. The summed E-state index contributed by atoms with van der Waals surface area (Å²) in [6, 6.07) is 14.8. The highest BCUT2D eigenvalue weighted by Crippen LogP contribution is 2.29. The Morgan fingerprint density at radius 1 is 1.15 bits per heavy atom. The van der Waals surface area contributed by atoms with Crippen LogP contribution >= 0.6 is 23.8 Å². The first kappa shape index (κ1) is 18.8. The molecule has 0 aromatic heterocycles. The van der Waals surface area contributed by atoms with E-state index < -0.39 is 0 Å². The number of hydrogen-bond acceptors (Lipinski definition) is 3. The second-order valence-electron chi connectivity index (χ2n) is 6.64. The van der Waals surface area contributed by atoms with Crippen LogP contribution in [0.1, 0.15) is 23.2 Å². The van der Waals surface area contributed by atoms with Gasteiger partial charge in [-0.15, -0.1) is 0 Å². The van der Waals surface area contributed by atoms with Crippen molar-refractivity contribution in [1.82, 2.24) is 4.90 Å². The highest BCUT2D eigenvalue weighted by Gasteiger charge is 2.25. The van der Waals surface area contributed by atoms with Crippen LogP contribution in [0.2, 0.25) is 5.02 Å². The summed E-state index contributed by atoms with van der Waals surface area (Å²) in [6.45, 7) is 1.92. The Kier molecular flexibility index (Phi) is 5.91. The van der Waals surface area contributed by atoms with E-state index in [0.29, 0.717) is 10.6 Å². The number of hydrogen-bond donors (Lipinski definition) is 1. The number of likely N-dealkylation sites (tertiary alicyclic amines) is 1. The number of nitrogens with zero attached hydrogens (tertiary/aromatic N) is 2. The molecule has 1 aliphatic rings. The van der Waals surface area contributed by atoms with Gasteiger partial charge in [0.25, 0.3) is 0 Å². The first-order valence-corrected chi connectivity index (χ1v) is 9.42. The molecule has 1 saturated heterocycles. The molecule has 0 aliphatic carbocycles. The van der Waals surface area contributed by atoms with Crippen molar-refractivity contribution in [2.75, 3.05) is 25.0 Å². The number of piperidine rings is 1. The Balaban J connectivity index is 1.88. The molecule has 1 aliphatic heterocycles. The van der Waals surface area contributed by atoms with Gasteiger partial charge in [0.15, 0.2) is 10.9 Å². The van der Waals surface area contributed by atoms with Crippen LogP contribution in [0.5, 0.6) is 0 Å². The summed E-state index contributed by atoms with van der Waals surface area (Å²) in [4.78, 5) is 16.9. The van der Waals surface area contributed by atoms with Gasteiger partial charge in [-0.1, -0.05) is 23.7 Å². The van der Waals surface area contributed by atoms with Gasteiger partial charge < -0.3 is 10.6 Å². The lowest BCUT2D eigenvalue weighted by molar-refractivity contribution is 0.0857. The number of nitrogens with two attached hydrogens (primary N) is 1. The Hall–Kier alpha value is -1.95. The van der Waals surface area contributed by atoms with Crippen LogP contribution in [0.4, 0.5) is 11.4 Å². The fourth-order valence-electron chi connectivity index (χ4n) is 3.30. The monoisotopic (exact) mass is 387 g/mol. The summed E-state index contributed by atoms with van der Waals surface area (Å²) in [6.07, 6.45) is 1.80. The number of carbonyl (C=O) groups excluding carboxylic acids is 1. The highest BCUT2D eigenvalue weighted by molar-refractivity contribution is 7.80. The quantitative estimate of drug-likeness (QED) is 0.627. The second-order valence-corrected chi connectivity index (χ2v) is 7.50. The topological polar surface area (TPSA) is 49.6 Å². The summed E-state index contributed by atoms with van der Waals surface area (Å²) >= 11 is 11.2. The first-order chi connectivity index (χ1) is 12.5. The average Bonchev–Trinajstić information content (AvgIpc) is 2.63. The SMILES string of the molecule is CN1CCC(C(=O)c2cccc(N(C(N)=S)c3ccc(Cl)cc3)c2)CC1. The van der Waals surface area contributed by atoms with Gasteiger partial charge in [0.05, 0.1) is 0 Å². The van der Waals surface area contributed by atoms with Crippen molar-refractivity contribution in [3.63, 3.8) is 0 Å². The van der Waals surface area contributed by atoms with Gasteiger partial charge >= 0.3 is 0 Å². The molecule has 0 radical (unpaired) electrons. The van der Waals surface area contributed by atoms with E-state index in [-0.39, 0.29) is 16.8 Å². The largest absolute Gasteiger partial charge is 0.376 e. The number of rotatable bonds is 4. The predicted molar refractivity (Wildman–Crippen MR) is 111 cm³/mol. The van der Waals surface area contributed by atoms with Gasteiger partial charge in [-0.05, 0) is 81.6 Å². The third-order valence-electron chi connectivity index (χ3n) is 4.78. The number of halogens is 1. The van der Waals surface area contributed by atoms with E-state index in [2.05, 4.69) is 11.9 Å². The molecule has 3 rings (SSSR count). The van der Waals surface area contributed by atoms with Crippen LogP contribution in [0.15, 0.2) is 48.5 Å². The molecule has 0 spiro atoms. The summed E-state index contributed by atoms with van der Waals surface area (Å²) in [5.74, 6) is 0.272. The van der Waals surface area contributed by atoms with Gasteiger partial charge in [-0.25, -0.2) is 0 Å². The molecule has 0 unspecified atom stereocenters. The summed E-state index contributed by atoms with van der Waals surface area (Å²) in [5.41, 5.74) is 8.25.